The van der Waals surface area contributed by atoms with E-state index in [0.29, 0.717) is 11.7 Å². The van der Waals surface area contributed by atoms with Crippen molar-refractivity contribution in [1.82, 2.24) is 19.9 Å². The summed E-state index contributed by atoms with van der Waals surface area (Å²) in [6.07, 6.45) is 7.01. The second-order valence-electron chi connectivity index (χ2n) is 5.98. The Balaban J connectivity index is 1.66. The van der Waals surface area contributed by atoms with Crippen molar-refractivity contribution < 1.29 is 4.79 Å². The van der Waals surface area contributed by atoms with Gasteiger partial charge in [0.1, 0.15) is 16.3 Å². The molecule has 23 heavy (non-hydrogen) atoms. The van der Waals surface area contributed by atoms with Crippen LogP contribution in [0, 0.1) is 0 Å². The number of carbonyl (C=O) groups excluding carboxylic acids is 1. The van der Waals surface area contributed by atoms with Gasteiger partial charge < -0.3 is 9.88 Å². The first-order valence-corrected chi connectivity index (χ1v) is 8.81. The van der Waals surface area contributed by atoms with Gasteiger partial charge in [0.15, 0.2) is 0 Å². The van der Waals surface area contributed by atoms with E-state index in [1.54, 1.807) is 6.20 Å². The number of H-pyrrole nitrogens is 1. The Morgan fingerprint density at radius 1 is 1.39 bits per heavy atom. The number of fused-ring (bicyclic) bond motifs is 1. The van der Waals surface area contributed by atoms with Gasteiger partial charge in [-0.2, -0.15) is 0 Å². The number of carbonyl (C=O) groups is 1. The SMILES string of the molecule is CC1CCCCN1C(=O)c1csc(-c2ccnc3[nH]ccc23)n1. The molecule has 0 saturated carbocycles. The molecule has 1 aliphatic heterocycles. The van der Waals surface area contributed by atoms with Crippen molar-refractivity contribution in [2.45, 2.75) is 32.2 Å². The Morgan fingerprint density at radius 3 is 3.17 bits per heavy atom. The van der Waals surface area contributed by atoms with E-state index in [9.17, 15) is 4.79 Å². The molecule has 1 amide bonds. The maximum Gasteiger partial charge on any atom is 0.273 e. The first-order chi connectivity index (χ1) is 11.2. The van der Waals surface area contributed by atoms with E-state index < -0.39 is 0 Å². The minimum Gasteiger partial charge on any atom is -0.346 e. The third-order valence-electron chi connectivity index (χ3n) is 4.48. The van der Waals surface area contributed by atoms with E-state index in [0.717, 1.165) is 41.0 Å². The van der Waals surface area contributed by atoms with Gasteiger partial charge in [0, 0.05) is 41.3 Å². The standard InChI is InChI=1S/C17H18N4OS/c1-11-4-2-3-9-21(11)17(22)14-10-23-16(20-14)13-6-8-19-15-12(13)5-7-18-15/h5-8,10-11H,2-4,9H2,1H3,(H,18,19). The van der Waals surface area contributed by atoms with Crippen LogP contribution in [0.1, 0.15) is 36.7 Å². The molecule has 4 heterocycles. The number of nitrogens with one attached hydrogen (secondary N) is 1. The van der Waals surface area contributed by atoms with Crippen LogP contribution >= 0.6 is 11.3 Å². The van der Waals surface area contributed by atoms with Gasteiger partial charge in [-0.3, -0.25) is 4.79 Å². The average molecular weight is 326 g/mol. The molecule has 0 radical (unpaired) electrons. The third kappa shape index (κ3) is 2.53. The quantitative estimate of drug-likeness (QED) is 0.781. The van der Waals surface area contributed by atoms with Crippen molar-refractivity contribution in [3.8, 4) is 10.6 Å². The van der Waals surface area contributed by atoms with Gasteiger partial charge in [0.05, 0.1) is 0 Å². The number of hydrogen-bond acceptors (Lipinski definition) is 4. The van der Waals surface area contributed by atoms with Crippen molar-refractivity contribution in [2.24, 2.45) is 0 Å². The molecule has 0 aromatic carbocycles. The van der Waals surface area contributed by atoms with Crippen LogP contribution in [0.15, 0.2) is 29.9 Å². The number of hydrogen-bond donors (Lipinski definition) is 1. The van der Waals surface area contributed by atoms with E-state index in [2.05, 4.69) is 21.9 Å². The number of amides is 1. The van der Waals surface area contributed by atoms with E-state index in [1.165, 1.54) is 17.8 Å². The third-order valence-corrected chi connectivity index (χ3v) is 5.35. The van der Waals surface area contributed by atoms with Gasteiger partial charge in [-0.15, -0.1) is 11.3 Å². The second-order valence-corrected chi connectivity index (χ2v) is 6.84. The minimum absolute atomic E-state index is 0.0547. The summed E-state index contributed by atoms with van der Waals surface area (Å²) in [7, 11) is 0. The van der Waals surface area contributed by atoms with Crippen LogP contribution in [-0.4, -0.2) is 38.3 Å². The fourth-order valence-corrected chi connectivity index (χ4v) is 4.02. The highest BCUT2D eigenvalue weighted by Gasteiger charge is 2.26. The summed E-state index contributed by atoms with van der Waals surface area (Å²) >= 11 is 1.51. The van der Waals surface area contributed by atoms with Crippen molar-refractivity contribution in [3.05, 3.63) is 35.6 Å². The van der Waals surface area contributed by atoms with Crippen LogP contribution in [-0.2, 0) is 0 Å². The predicted molar refractivity (Wildman–Crippen MR) is 91.6 cm³/mol. The number of pyridine rings is 1. The average Bonchev–Trinajstić information content (AvgIpc) is 3.23. The largest absolute Gasteiger partial charge is 0.346 e. The molecule has 3 aromatic heterocycles. The summed E-state index contributed by atoms with van der Waals surface area (Å²) in [5, 5.41) is 3.77. The molecule has 1 aliphatic rings. The second kappa shape index (κ2) is 5.77. The number of aromatic amines is 1. The maximum absolute atomic E-state index is 12.7. The molecule has 0 spiro atoms. The van der Waals surface area contributed by atoms with Gasteiger partial charge in [-0.05, 0) is 38.3 Å². The summed E-state index contributed by atoms with van der Waals surface area (Å²) in [4.78, 5) is 26.7. The van der Waals surface area contributed by atoms with E-state index in [-0.39, 0.29) is 5.91 Å². The fraction of sp³-hybridized carbons (Fsp3) is 0.353. The minimum atomic E-state index is 0.0547. The number of aromatic nitrogens is 3. The van der Waals surface area contributed by atoms with Crippen LogP contribution < -0.4 is 0 Å². The molecule has 6 heteroatoms. The van der Waals surface area contributed by atoms with E-state index in [4.69, 9.17) is 0 Å². The van der Waals surface area contributed by atoms with Crippen molar-refractivity contribution in [2.75, 3.05) is 6.54 Å². The summed E-state index contributed by atoms with van der Waals surface area (Å²) in [6.45, 7) is 2.96. The molecule has 4 rings (SSSR count). The lowest BCUT2D eigenvalue weighted by Gasteiger charge is -2.32. The van der Waals surface area contributed by atoms with E-state index in [1.807, 2.05) is 28.6 Å². The number of piperidine rings is 1. The highest BCUT2D eigenvalue weighted by molar-refractivity contribution is 7.13. The predicted octanol–water partition coefficient (Wildman–Crippen LogP) is 3.70. The van der Waals surface area contributed by atoms with Crippen LogP contribution in [0.5, 0.6) is 0 Å². The lowest BCUT2D eigenvalue weighted by Crippen LogP contribution is -2.42. The first kappa shape index (κ1) is 14.4. The molecule has 1 atom stereocenters. The molecule has 5 nitrogen and oxygen atoms in total. The lowest BCUT2D eigenvalue weighted by atomic mass is 10.0. The zero-order valence-corrected chi connectivity index (χ0v) is 13.8. The Hall–Kier alpha value is -2.21. The van der Waals surface area contributed by atoms with Gasteiger partial charge in [0.2, 0.25) is 0 Å². The van der Waals surface area contributed by atoms with E-state index >= 15 is 0 Å². The van der Waals surface area contributed by atoms with Gasteiger partial charge in [0.25, 0.3) is 5.91 Å². The van der Waals surface area contributed by atoms with Crippen LogP contribution in [0.4, 0.5) is 0 Å². The highest BCUT2D eigenvalue weighted by atomic mass is 32.1. The molecule has 1 N–H and O–H groups in total. The molecule has 118 valence electrons. The zero-order valence-electron chi connectivity index (χ0n) is 13.0. The van der Waals surface area contributed by atoms with Crippen molar-refractivity contribution in [3.63, 3.8) is 0 Å². The first-order valence-electron chi connectivity index (χ1n) is 7.93. The van der Waals surface area contributed by atoms with Gasteiger partial charge in [-0.1, -0.05) is 0 Å². The van der Waals surface area contributed by atoms with Crippen molar-refractivity contribution in [1.29, 1.82) is 0 Å². The number of thiazole rings is 1. The summed E-state index contributed by atoms with van der Waals surface area (Å²) in [6, 6.07) is 4.25. The lowest BCUT2D eigenvalue weighted by molar-refractivity contribution is 0.0630. The number of nitrogens with zero attached hydrogens (tertiary/aromatic N) is 3. The van der Waals surface area contributed by atoms with Crippen molar-refractivity contribution >= 4 is 28.3 Å². The Labute approximate surface area is 138 Å². The maximum atomic E-state index is 12.7. The topological polar surface area (TPSA) is 61.9 Å². The summed E-state index contributed by atoms with van der Waals surface area (Å²) < 4.78 is 0. The van der Waals surface area contributed by atoms with Crippen LogP contribution in [0.2, 0.25) is 0 Å². The molecular formula is C17H18N4OS. The Morgan fingerprint density at radius 2 is 2.30 bits per heavy atom. The molecule has 1 fully saturated rings. The molecule has 1 saturated heterocycles. The smallest absolute Gasteiger partial charge is 0.273 e. The molecule has 0 aliphatic carbocycles. The normalized spacial score (nSPS) is 18.5. The van der Waals surface area contributed by atoms with Gasteiger partial charge >= 0.3 is 0 Å². The number of likely N-dealkylation sites (tertiary alicyclic amines) is 1. The fourth-order valence-electron chi connectivity index (χ4n) is 3.19. The summed E-state index contributed by atoms with van der Waals surface area (Å²) in [5.41, 5.74) is 2.42. The molecule has 3 aromatic rings. The Kier molecular flexibility index (Phi) is 3.61. The molecular weight excluding hydrogens is 308 g/mol. The zero-order chi connectivity index (χ0) is 15.8. The number of rotatable bonds is 2. The molecule has 1 unspecified atom stereocenters. The Bertz CT molecular complexity index is 853. The van der Waals surface area contributed by atoms with Crippen LogP contribution in [0.3, 0.4) is 0 Å². The van der Waals surface area contributed by atoms with Gasteiger partial charge in [-0.25, -0.2) is 9.97 Å². The molecule has 0 bridgehead atoms. The monoisotopic (exact) mass is 326 g/mol. The van der Waals surface area contributed by atoms with Crippen LogP contribution in [0.25, 0.3) is 21.6 Å². The highest BCUT2D eigenvalue weighted by Crippen LogP contribution is 2.30. The summed E-state index contributed by atoms with van der Waals surface area (Å²) in [5.74, 6) is 0.0547.